The Morgan fingerprint density at radius 1 is 1.78 bits per heavy atom. The van der Waals surface area contributed by atoms with Crippen molar-refractivity contribution in [1.82, 2.24) is 10.2 Å². The largest absolute Gasteiger partial charge is 0.352 e. The Balaban J connectivity index is 0. The number of likely N-dealkylation sites (N-methyl/N-ethyl adjacent to an activating group) is 1. The van der Waals surface area contributed by atoms with Crippen LogP contribution in [-0.4, -0.2) is 38.1 Å². The van der Waals surface area contributed by atoms with Crippen LogP contribution in [0.4, 0.5) is 4.79 Å². The number of urea groups is 1. The Hall–Kier alpha value is -0.770. The molecule has 0 fully saturated rings. The smallest absolute Gasteiger partial charge is 0.312 e. The highest BCUT2D eigenvalue weighted by atomic mass is 16.2. The highest BCUT2D eigenvalue weighted by Gasteiger charge is 1.90. The molecular formula is C5H15N3O. The number of rotatable bonds is 3. The van der Waals surface area contributed by atoms with E-state index in [9.17, 15) is 4.79 Å². The molecule has 9 heavy (non-hydrogen) atoms. The molecule has 0 unspecified atom stereocenters. The average Bonchev–Trinajstić information content (AvgIpc) is 1.63. The summed E-state index contributed by atoms with van der Waals surface area (Å²) in [7, 11) is 3.87. The highest BCUT2D eigenvalue weighted by molar-refractivity contribution is 5.71. The van der Waals surface area contributed by atoms with Crippen molar-refractivity contribution < 1.29 is 6.22 Å². The van der Waals surface area contributed by atoms with Gasteiger partial charge in [0.15, 0.2) is 0 Å². The van der Waals surface area contributed by atoms with Gasteiger partial charge in [0.05, 0.1) is 0 Å². The third kappa shape index (κ3) is 7.23. The topological polar surface area (TPSA) is 58.4 Å². The molecule has 4 nitrogen and oxygen atoms in total. The number of hydrogen-bond donors (Lipinski definition) is 2. The summed E-state index contributed by atoms with van der Waals surface area (Å²) < 4.78 is 0. The van der Waals surface area contributed by atoms with Crippen molar-refractivity contribution in [2.75, 3.05) is 27.2 Å². The van der Waals surface area contributed by atoms with Gasteiger partial charge in [-0.1, -0.05) is 0 Å². The van der Waals surface area contributed by atoms with Crippen LogP contribution in [-0.2, 0) is 0 Å². The molecule has 2 amide bonds. The number of amides is 2. The van der Waals surface area contributed by atoms with E-state index in [4.69, 9.17) is 5.73 Å². The van der Waals surface area contributed by atoms with Crippen LogP contribution in [0.2, 0.25) is 0 Å². The maximum Gasteiger partial charge on any atom is 0.312 e. The first-order valence-corrected chi connectivity index (χ1v) is 2.81. The van der Waals surface area contributed by atoms with Gasteiger partial charge in [0.2, 0.25) is 0 Å². The number of nitrogens with one attached hydrogen (secondary N) is 1. The van der Waals surface area contributed by atoms with Crippen molar-refractivity contribution in [1.29, 1.82) is 0 Å². The molecule has 0 aromatic heterocycles. The van der Waals surface area contributed by atoms with Crippen LogP contribution in [0.25, 0.3) is 0 Å². The van der Waals surface area contributed by atoms with Gasteiger partial charge in [-0.25, -0.2) is 4.79 Å². The molecule has 0 saturated heterocycles. The number of nitrogens with zero attached hydrogens (tertiary/aromatic N) is 1. The molecule has 0 aliphatic carbocycles. The predicted octanol–water partition coefficient (Wildman–Crippen LogP) is -0.538. The minimum atomic E-state index is -0.461. The molecule has 0 heterocycles. The third-order valence-corrected chi connectivity index (χ3v) is 0.858. The fourth-order valence-corrected chi connectivity index (χ4v) is 0.403. The van der Waals surface area contributed by atoms with E-state index in [1.54, 1.807) is 0 Å². The number of primary amides is 1. The lowest BCUT2D eigenvalue weighted by Gasteiger charge is -2.08. The molecule has 0 aromatic carbocycles. The predicted molar refractivity (Wildman–Crippen MR) is 38.3 cm³/mol. The summed E-state index contributed by atoms with van der Waals surface area (Å²) in [6.07, 6.45) is 0. The first kappa shape index (κ1) is 8.23. The number of hydrogen-bond acceptors (Lipinski definition) is 2. The lowest BCUT2D eigenvalue weighted by Crippen LogP contribution is -2.34. The minimum absolute atomic E-state index is 0. The second-order valence-corrected chi connectivity index (χ2v) is 2.09. The van der Waals surface area contributed by atoms with Crippen molar-refractivity contribution in [2.45, 2.75) is 0 Å². The zero-order valence-corrected chi connectivity index (χ0v) is 5.85. The van der Waals surface area contributed by atoms with Gasteiger partial charge in [-0.05, 0) is 14.1 Å². The Bertz CT molecular complexity index is 96.9. The fourth-order valence-electron chi connectivity index (χ4n) is 0.403. The van der Waals surface area contributed by atoms with E-state index in [-0.39, 0.29) is 1.43 Å². The summed E-state index contributed by atoms with van der Waals surface area (Å²) in [6.45, 7) is 1.44. The maximum absolute atomic E-state index is 10.1. The normalized spacial score (nSPS) is 9.67. The van der Waals surface area contributed by atoms with Crippen molar-refractivity contribution in [3.05, 3.63) is 0 Å². The molecule has 0 aliphatic heterocycles. The summed E-state index contributed by atoms with van der Waals surface area (Å²) in [5.41, 5.74) is 4.81. The Kier molecular flexibility index (Phi) is 3.79. The standard InChI is InChI=1S/C5H13N3O.H2/c1-8(2)4-3-7-5(6)9;/h3-4H2,1-2H3,(H3,6,7,9);1H. The molecule has 4 heteroatoms. The van der Waals surface area contributed by atoms with Gasteiger partial charge in [0.1, 0.15) is 0 Å². The quantitative estimate of drug-likeness (QED) is 0.543. The highest BCUT2D eigenvalue weighted by Crippen LogP contribution is 1.68. The van der Waals surface area contributed by atoms with Crippen LogP contribution >= 0.6 is 0 Å². The summed E-state index contributed by atoms with van der Waals surface area (Å²) in [5.74, 6) is 0. The summed E-state index contributed by atoms with van der Waals surface area (Å²) in [4.78, 5) is 12.0. The van der Waals surface area contributed by atoms with Crippen LogP contribution in [0, 0.1) is 0 Å². The van der Waals surface area contributed by atoms with Gasteiger partial charge in [-0.15, -0.1) is 0 Å². The third-order valence-electron chi connectivity index (χ3n) is 0.858. The molecule has 0 spiro atoms. The van der Waals surface area contributed by atoms with E-state index in [2.05, 4.69) is 5.32 Å². The van der Waals surface area contributed by atoms with Crippen LogP contribution in [0.1, 0.15) is 1.43 Å². The van der Waals surface area contributed by atoms with Gasteiger partial charge in [0.25, 0.3) is 0 Å². The molecule has 3 N–H and O–H groups in total. The van der Waals surface area contributed by atoms with Gasteiger partial charge in [-0.2, -0.15) is 0 Å². The van der Waals surface area contributed by atoms with E-state index in [0.717, 1.165) is 6.54 Å². The van der Waals surface area contributed by atoms with Crippen molar-refractivity contribution in [2.24, 2.45) is 5.73 Å². The van der Waals surface area contributed by atoms with Crippen molar-refractivity contribution in [3.63, 3.8) is 0 Å². The van der Waals surface area contributed by atoms with E-state index < -0.39 is 6.03 Å². The Morgan fingerprint density at radius 3 is 2.67 bits per heavy atom. The van der Waals surface area contributed by atoms with Crippen molar-refractivity contribution in [3.8, 4) is 0 Å². The molecule has 56 valence electrons. The molecule has 0 saturated carbocycles. The lowest BCUT2D eigenvalue weighted by atomic mass is 10.6. The SMILES string of the molecule is CN(C)CCNC(N)=O.[HH]. The van der Waals surface area contributed by atoms with Gasteiger partial charge in [0, 0.05) is 14.5 Å². The molecule has 0 rings (SSSR count). The van der Waals surface area contributed by atoms with E-state index in [1.165, 1.54) is 0 Å². The number of nitrogens with two attached hydrogens (primary N) is 1. The Labute approximate surface area is 56.5 Å². The molecule has 0 radical (unpaired) electrons. The Morgan fingerprint density at radius 2 is 2.33 bits per heavy atom. The number of carbonyl (C=O) groups is 1. The second kappa shape index (κ2) is 4.14. The minimum Gasteiger partial charge on any atom is -0.352 e. The zero-order chi connectivity index (χ0) is 7.28. The lowest BCUT2D eigenvalue weighted by molar-refractivity contribution is 0.247. The second-order valence-electron chi connectivity index (χ2n) is 2.09. The first-order valence-electron chi connectivity index (χ1n) is 2.81. The molecule has 0 atom stereocenters. The molecular weight excluding hydrogens is 118 g/mol. The molecule has 0 bridgehead atoms. The van der Waals surface area contributed by atoms with Crippen LogP contribution in [0.5, 0.6) is 0 Å². The summed E-state index contributed by atoms with van der Waals surface area (Å²) >= 11 is 0. The average molecular weight is 133 g/mol. The van der Waals surface area contributed by atoms with Crippen LogP contribution in [0.15, 0.2) is 0 Å². The fraction of sp³-hybridized carbons (Fsp3) is 0.800. The monoisotopic (exact) mass is 133 g/mol. The molecule has 0 aliphatic rings. The van der Waals surface area contributed by atoms with Gasteiger partial charge in [-0.3, -0.25) is 0 Å². The van der Waals surface area contributed by atoms with Crippen molar-refractivity contribution >= 4 is 6.03 Å². The van der Waals surface area contributed by atoms with Gasteiger partial charge >= 0.3 is 6.03 Å². The first-order chi connectivity index (χ1) is 4.13. The van der Waals surface area contributed by atoms with Gasteiger partial charge < -0.3 is 16.0 Å². The van der Waals surface area contributed by atoms with Crippen LogP contribution in [0.3, 0.4) is 0 Å². The zero-order valence-electron chi connectivity index (χ0n) is 5.85. The van der Waals surface area contributed by atoms with E-state index >= 15 is 0 Å². The number of carbonyl (C=O) groups excluding carboxylic acids is 1. The van der Waals surface area contributed by atoms with E-state index in [0.29, 0.717) is 6.54 Å². The molecule has 0 aromatic rings. The summed E-state index contributed by atoms with van der Waals surface area (Å²) in [6, 6.07) is -0.461. The van der Waals surface area contributed by atoms with E-state index in [1.807, 2.05) is 19.0 Å². The summed E-state index contributed by atoms with van der Waals surface area (Å²) in [5, 5.41) is 2.47. The maximum atomic E-state index is 10.1. The van der Waals surface area contributed by atoms with Crippen LogP contribution < -0.4 is 11.1 Å².